The molecule has 2 aliphatic heterocycles. The van der Waals surface area contributed by atoms with E-state index in [2.05, 4.69) is 33.9 Å². The average molecular weight is 449 g/mol. The van der Waals surface area contributed by atoms with Crippen LogP contribution < -0.4 is 4.74 Å². The van der Waals surface area contributed by atoms with Crippen LogP contribution in [0.5, 0.6) is 5.75 Å². The summed E-state index contributed by atoms with van der Waals surface area (Å²) in [4.78, 5) is 23.9. The number of cyclic esters (lactones) is 1. The standard InChI is InChI=1S/C24H36O6Si/c1-23(2,3)31(6,7)30-19-14-17(11-12-25)27-18(15-19)13-16-9-8-10-20-21(16)22(26)29-24(4,5)28-20/h8-10,12,17-19H,11,13-15H2,1-7H3/t17-,18-,19?/m0/s1. The van der Waals surface area contributed by atoms with Crippen molar-refractivity contribution in [2.45, 2.75) is 103 Å². The Bertz CT molecular complexity index is 826. The summed E-state index contributed by atoms with van der Waals surface area (Å²) < 4.78 is 24.2. The smallest absolute Gasteiger partial charge is 0.345 e. The van der Waals surface area contributed by atoms with Crippen molar-refractivity contribution in [2.75, 3.05) is 0 Å². The van der Waals surface area contributed by atoms with Crippen LogP contribution in [-0.4, -0.2) is 44.7 Å². The van der Waals surface area contributed by atoms with Gasteiger partial charge in [0.05, 0.1) is 18.3 Å². The fraction of sp³-hybridized carbons (Fsp3) is 0.667. The van der Waals surface area contributed by atoms with Crippen LogP contribution in [0.4, 0.5) is 0 Å². The van der Waals surface area contributed by atoms with E-state index in [1.165, 1.54) is 0 Å². The lowest BCUT2D eigenvalue weighted by molar-refractivity contribution is -0.127. The minimum atomic E-state index is -1.95. The van der Waals surface area contributed by atoms with Gasteiger partial charge in [0.1, 0.15) is 17.6 Å². The Hall–Kier alpha value is -1.70. The second-order valence-corrected chi connectivity index (χ2v) is 15.4. The first-order valence-corrected chi connectivity index (χ1v) is 14.0. The Morgan fingerprint density at radius 2 is 1.84 bits per heavy atom. The minimum Gasteiger partial charge on any atom is -0.452 e. The number of ether oxygens (including phenoxy) is 3. The van der Waals surface area contributed by atoms with E-state index in [1.54, 1.807) is 19.9 Å². The predicted molar refractivity (Wildman–Crippen MR) is 121 cm³/mol. The van der Waals surface area contributed by atoms with Crippen LogP contribution in [0.25, 0.3) is 0 Å². The van der Waals surface area contributed by atoms with Crippen LogP contribution in [0.1, 0.15) is 69.8 Å². The van der Waals surface area contributed by atoms with Gasteiger partial charge in [-0.05, 0) is 49.0 Å². The van der Waals surface area contributed by atoms with Gasteiger partial charge in [-0.15, -0.1) is 0 Å². The van der Waals surface area contributed by atoms with Crippen molar-refractivity contribution in [3.05, 3.63) is 29.3 Å². The molecular formula is C24H36O6Si. The molecule has 7 heteroatoms. The van der Waals surface area contributed by atoms with E-state index in [0.29, 0.717) is 30.6 Å². The molecule has 0 N–H and O–H groups in total. The second kappa shape index (κ2) is 8.68. The minimum absolute atomic E-state index is 0.0336. The van der Waals surface area contributed by atoms with E-state index >= 15 is 0 Å². The monoisotopic (exact) mass is 448 g/mol. The summed E-state index contributed by atoms with van der Waals surface area (Å²) in [5.74, 6) is -0.828. The highest BCUT2D eigenvalue weighted by Crippen LogP contribution is 2.40. The summed E-state index contributed by atoms with van der Waals surface area (Å²) in [6.07, 6.45) is 2.95. The summed E-state index contributed by atoms with van der Waals surface area (Å²) in [6, 6.07) is 5.59. The molecule has 0 saturated carbocycles. The molecule has 0 aromatic heterocycles. The largest absolute Gasteiger partial charge is 0.452 e. The SMILES string of the molecule is CC1(C)OC(=O)c2c(C[C@H]3CC(O[Si](C)(C)C(C)(C)C)C[C@H](CC=O)O3)cccc2O1. The van der Waals surface area contributed by atoms with Crippen molar-refractivity contribution in [3.8, 4) is 5.75 Å². The lowest BCUT2D eigenvalue weighted by Crippen LogP contribution is -2.48. The molecule has 1 aromatic carbocycles. The van der Waals surface area contributed by atoms with Gasteiger partial charge in [0, 0.05) is 20.3 Å². The zero-order valence-corrected chi connectivity index (χ0v) is 20.8. The van der Waals surface area contributed by atoms with Gasteiger partial charge < -0.3 is 23.4 Å². The first-order valence-electron chi connectivity index (χ1n) is 11.1. The van der Waals surface area contributed by atoms with Crippen LogP contribution in [-0.2, 0) is 25.1 Å². The number of hydrogen-bond acceptors (Lipinski definition) is 6. The molecule has 2 heterocycles. The Kier molecular flexibility index (Phi) is 6.70. The van der Waals surface area contributed by atoms with Gasteiger partial charge in [0.25, 0.3) is 0 Å². The molecule has 0 spiro atoms. The Balaban J connectivity index is 1.81. The Morgan fingerprint density at radius 3 is 2.48 bits per heavy atom. The number of benzene rings is 1. The highest BCUT2D eigenvalue weighted by atomic mass is 28.4. The molecule has 3 rings (SSSR count). The lowest BCUT2D eigenvalue weighted by atomic mass is 9.93. The van der Waals surface area contributed by atoms with Crippen molar-refractivity contribution in [3.63, 3.8) is 0 Å². The molecule has 1 fully saturated rings. The van der Waals surface area contributed by atoms with Crippen LogP contribution in [0.15, 0.2) is 18.2 Å². The molecule has 1 saturated heterocycles. The molecule has 172 valence electrons. The zero-order valence-electron chi connectivity index (χ0n) is 19.8. The lowest BCUT2D eigenvalue weighted by Gasteiger charge is -2.43. The predicted octanol–water partition coefficient (Wildman–Crippen LogP) is 5.04. The van der Waals surface area contributed by atoms with Gasteiger partial charge in [-0.3, -0.25) is 0 Å². The molecule has 1 aromatic rings. The second-order valence-electron chi connectivity index (χ2n) is 10.6. The van der Waals surface area contributed by atoms with E-state index < -0.39 is 14.1 Å². The van der Waals surface area contributed by atoms with Crippen LogP contribution in [0, 0.1) is 0 Å². The fourth-order valence-corrected chi connectivity index (χ4v) is 5.39. The molecular weight excluding hydrogens is 412 g/mol. The molecule has 1 unspecified atom stereocenters. The molecule has 6 nitrogen and oxygen atoms in total. The van der Waals surface area contributed by atoms with E-state index in [4.69, 9.17) is 18.6 Å². The maximum absolute atomic E-state index is 12.7. The van der Waals surface area contributed by atoms with Crippen molar-refractivity contribution in [1.82, 2.24) is 0 Å². The van der Waals surface area contributed by atoms with Crippen molar-refractivity contribution in [1.29, 1.82) is 0 Å². The molecule has 0 radical (unpaired) electrons. The summed E-state index contributed by atoms with van der Waals surface area (Å²) in [7, 11) is -1.95. The first-order chi connectivity index (χ1) is 14.3. The van der Waals surface area contributed by atoms with Crippen LogP contribution in [0.2, 0.25) is 18.1 Å². The van der Waals surface area contributed by atoms with Crippen LogP contribution in [0.3, 0.4) is 0 Å². The highest BCUT2D eigenvalue weighted by Gasteiger charge is 2.42. The molecule has 2 aliphatic rings. The first kappa shape index (κ1) is 23.9. The molecule has 0 bridgehead atoms. The Labute approximate surface area is 186 Å². The number of aldehydes is 1. The molecule has 3 atom stereocenters. The molecule has 0 amide bonds. The third-order valence-electron chi connectivity index (χ3n) is 6.52. The number of carbonyl (C=O) groups is 2. The third kappa shape index (κ3) is 5.57. The van der Waals surface area contributed by atoms with Gasteiger partial charge in [-0.2, -0.15) is 0 Å². The summed E-state index contributed by atoms with van der Waals surface area (Å²) >= 11 is 0. The fourth-order valence-electron chi connectivity index (χ4n) is 4.01. The van der Waals surface area contributed by atoms with Gasteiger partial charge in [0.2, 0.25) is 5.79 Å². The van der Waals surface area contributed by atoms with Gasteiger partial charge in [-0.1, -0.05) is 32.9 Å². The normalized spacial score (nSPS) is 25.9. The average Bonchev–Trinajstić information content (AvgIpc) is 2.59. The van der Waals surface area contributed by atoms with Gasteiger partial charge in [-0.25, -0.2) is 4.79 Å². The van der Waals surface area contributed by atoms with E-state index in [1.807, 2.05) is 12.1 Å². The number of rotatable bonds is 6. The number of hydrogen-bond donors (Lipinski definition) is 0. The number of fused-ring (bicyclic) bond motifs is 1. The number of esters is 1. The maximum atomic E-state index is 12.7. The van der Waals surface area contributed by atoms with E-state index in [0.717, 1.165) is 18.3 Å². The molecule has 31 heavy (non-hydrogen) atoms. The van der Waals surface area contributed by atoms with E-state index in [9.17, 15) is 9.59 Å². The quantitative estimate of drug-likeness (QED) is 0.345. The summed E-state index contributed by atoms with van der Waals surface area (Å²) in [6.45, 7) is 14.6. The number of carbonyl (C=O) groups excluding carboxylic acids is 2. The summed E-state index contributed by atoms with van der Waals surface area (Å²) in [5.41, 5.74) is 1.30. The highest BCUT2D eigenvalue weighted by molar-refractivity contribution is 6.74. The van der Waals surface area contributed by atoms with Crippen LogP contribution >= 0.6 is 0 Å². The van der Waals surface area contributed by atoms with Crippen molar-refractivity contribution >= 4 is 20.6 Å². The Morgan fingerprint density at radius 1 is 1.16 bits per heavy atom. The molecule has 0 aliphatic carbocycles. The third-order valence-corrected chi connectivity index (χ3v) is 11.1. The van der Waals surface area contributed by atoms with Crippen molar-refractivity contribution in [2.24, 2.45) is 0 Å². The summed E-state index contributed by atoms with van der Waals surface area (Å²) in [5, 5.41) is 0.105. The van der Waals surface area contributed by atoms with Gasteiger partial charge >= 0.3 is 5.97 Å². The van der Waals surface area contributed by atoms with Gasteiger partial charge in [0.15, 0.2) is 8.32 Å². The topological polar surface area (TPSA) is 71.1 Å². The van der Waals surface area contributed by atoms with E-state index in [-0.39, 0.29) is 29.3 Å². The maximum Gasteiger partial charge on any atom is 0.345 e. The van der Waals surface area contributed by atoms with Crippen molar-refractivity contribution < 1.29 is 28.2 Å². The zero-order chi connectivity index (χ0) is 23.0.